The van der Waals surface area contributed by atoms with Crippen LogP contribution in [0.3, 0.4) is 0 Å². The topological polar surface area (TPSA) is 100 Å². The van der Waals surface area contributed by atoms with E-state index in [-0.39, 0.29) is 11.4 Å². The Hall–Kier alpha value is -2.47. The largest absolute Gasteiger partial charge is 0.477 e. The molecule has 7 heteroatoms. The Labute approximate surface area is 146 Å². The highest BCUT2D eigenvalue weighted by Crippen LogP contribution is 1.94. The lowest BCUT2D eigenvalue weighted by molar-refractivity contribution is 0.0680. The summed E-state index contributed by atoms with van der Waals surface area (Å²) in [5, 5.41) is 16.6. The van der Waals surface area contributed by atoms with E-state index in [0.717, 1.165) is 5.88 Å². The van der Waals surface area contributed by atoms with Gasteiger partial charge in [0.2, 0.25) is 0 Å². The molecule has 0 aliphatic heterocycles. The first-order valence-electron chi connectivity index (χ1n) is 7.37. The molecule has 0 aliphatic rings. The highest BCUT2D eigenvalue weighted by Gasteiger charge is 1.99. The van der Waals surface area contributed by atoms with Crippen LogP contribution >= 0.6 is 11.6 Å². The van der Waals surface area contributed by atoms with Crippen LogP contribution in [0, 0.1) is 0 Å². The van der Waals surface area contributed by atoms with Crippen molar-refractivity contribution < 1.29 is 19.8 Å². The maximum absolute atomic E-state index is 10.1. The Morgan fingerprint density at radius 3 is 1.54 bits per heavy atom. The molecule has 2 N–H and O–H groups in total. The van der Waals surface area contributed by atoms with E-state index < -0.39 is 11.9 Å². The van der Waals surface area contributed by atoms with Crippen molar-refractivity contribution in [1.29, 1.82) is 0 Å². The van der Waals surface area contributed by atoms with E-state index in [1.165, 1.54) is 43.8 Å². The predicted octanol–water partition coefficient (Wildman–Crippen LogP) is 3.98. The first kappa shape index (κ1) is 21.5. The van der Waals surface area contributed by atoms with Crippen LogP contribution in [0.15, 0.2) is 48.8 Å². The zero-order chi connectivity index (χ0) is 18.2. The molecule has 0 saturated heterocycles. The van der Waals surface area contributed by atoms with Crippen LogP contribution in [0.2, 0.25) is 0 Å². The summed E-state index contributed by atoms with van der Waals surface area (Å²) in [5.74, 6) is -1.15. The van der Waals surface area contributed by atoms with Crippen molar-refractivity contribution >= 4 is 23.5 Å². The first-order chi connectivity index (χ1) is 11.5. The number of pyridine rings is 2. The summed E-state index contributed by atoms with van der Waals surface area (Å²) in [6.45, 7) is 2.17. The van der Waals surface area contributed by atoms with Crippen LogP contribution in [0.1, 0.15) is 47.2 Å². The van der Waals surface area contributed by atoms with Gasteiger partial charge in [-0.3, -0.25) is 0 Å². The van der Waals surface area contributed by atoms with E-state index in [4.69, 9.17) is 21.8 Å². The minimum absolute atomic E-state index is 0.0810. The Morgan fingerprint density at radius 2 is 1.38 bits per heavy atom. The number of rotatable bonds is 5. The number of hydrogen-bond donors (Lipinski definition) is 2. The number of unbranched alkanes of at least 4 members (excludes halogenated alkanes) is 2. The molecule has 6 nitrogen and oxygen atoms in total. The lowest BCUT2D eigenvalue weighted by Gasteiger charge is -1.87. The first-order valence-corrected chi connectivity index (χ1v) is 7.91. The summed E-state index contributed by atoms with van der Waals surface area (Å²) in [6.07, 6.45) is 6.63. The number of aromatic carboxylic acids is 2. The molecule has 2 rings (SSSR count). The third kappa shape index (κ3) is 11.1. The van der Waals surface area contributed by atoms with Crippen LogP contribution in [-0.2, 0) is 0 Å². The molecular formula is C17H21ClN2O4. The van der Waals surface area contributed by atoms with Crippen LogP contribution in [-0.4, -0.2) is 38.0 Å². The molecule has 0 fully saturated rings. The van der Waals surface area contributed by atoms with Crippen molar-refractivity contribution in [2.75, 3.05) is 5.88 Å². The summed E-state index contributed by atoms with van der Waals surface area (Å²) >= 11 is 5.38. The second kappa shape index (κ2) is 14.1. The second-order valence-electron chi connectivity index (χ2n) is 4.44. The maximum Gasteiger partial charge on any atom is 0.354 e. The average molecular weight is 353 g/mol. The van der Waals surface area contributed by atoms with Gasteiger partial charge in [-0.1, -0.05) is 31.9 Å². The monoisotopic (exact) mass is 352 g/mol. The molecule has 0 radical (unpaired) electrons. The molecular weight excluding hydrogens is 332 g/mol. The molecule has 0 unspecified atom stereocenters. The van der Waals surface area contributed by atoms with E-state index >= 15 is 0 Å². The highest BCUT2D eigenvalue weighted by atomic mass is 35.5. The lowest BCUT2D eigenvalue weighted by atomic mass is 10.3. The van der Waals surface area contributed by atoms with Gasteiger partial charge in [0.15, 0.2) is 0 Å². The quantitative estimate of drug-likeness (QED) is 0.623. The Balaban J connectivity index is 0.000000340. The summed E-state index contributed by atoms with van der Waals surface area (Å²) in [7, 11) is 0. The van der Waals surface area contributed by atoms with Gasteiger partial charge >= 0.3 is 11.9 Å². The van der Waals surface area contributed by atoms with Gasteiger partial charge in [-0.05, 0) is 30.7 Å². The molecule has 0 saturated carbocycles. The fourth-order valence-electron chi connectivity index (χ4n) is 1.32. The SMILES string of the molecule is CCCCCCl.O=C(O)c1ccccn1.O=C(O)c1ccccn1. The predicted molar refractivity (Wildman–Crippen MR) is 92.6 cm³/mol. The lowest BCUT2D eigenvalue weighted by Crippen LogP contribution is -1.97. The molecule has 0 amide bonds. The Kier molecular flexibility index (Phi) is 12.7. The zero-order valence-electron chi connectivity index (χ0n) is 13.4. The molecule has 0 spiro atoms. The molecule has 0 aromatic carbocycles. The van der Waals surface area contributed by atoms with E-state index in [0.29, 0.717) is 0 Å². The third-order valence-electron chi connectivity index (χ3n) is 2.51. The van der Waals surface area contributed by atoms with Gasteiger partial charge in [0.1, 0.15) is 11.4 Å². The number of halogens is 1. The number of nitrogens with zero attached hydrogens (tertiary/aromatic N) is 2. The molecule has 0 bridgehead atoms. The van der Waals surface area contributed by atoms with Crippen LogP contribution in [0.25, 0.3) is 0 Å². The van der Waals surface area contributed by atoms with E-state index in [9.17, 15) is 9.59 Å². The fraction of sp³-hybridized carbons (Fsp3) is 0.294. The number of carboxylic acids is 2. The van der Waals surface area contributed by atoms with E-state index in [1.54, 1.807) is 24.3 Å². The minimum Gasteiger partial charge on any atom is -0.477 e. The highest BCUT2D eigenvalue weighted by molar-refractivity contribution is 6.17. The van der Waals surface area contributed by atoms with Gasteiger partial charge in [0.05, 0.1) is 0 Å². The molecule has 0 atom stereocenters. The molecule has 24 heavy (non-hydrogen) atoms. The molecule has 2 aromatic rings. The minimum atomic E-state index is -0.990. The smallest absolute Gasteiger partial charge is 0.354 e. The Bertz CT molecular complexity index is 526. The number of carboxylic acid groups (broad SMARTS) is 2. The summed E-state index contributed by atoms with van der Waals surface area (Å²) in [6, 6.07) is 9.51. The van der Waals surface area contributed by atoms with Gasteiger partial charge in [-0.15, -0.1) is 11.6 Å². The maximum atomic E-state index is 10.1. The number of hydrogen-bond acceptors (Lipinski definition) is 4. The Morgan fingerprint density at radius 1 is 0.917 bits per heavy atom. The van der Waals surface area contributed by atoms with Crippen LogP contribution in [0.5, 0.6) is 0 Å². The van der Waals surface area contributed by atoms with Crippen LogP contribution < -0.4 is 0 Å². The standard InChI is InChI=1S/2C6H5NO2.C5H11Cl/c2*8-6(9)5-3-1-2-4-7-5;1-2-3-4-5-6/h2*1-4H,(H,8,9);2-5H2,1H3. The van der Waals surface area contributed by atoms with Gasteiger partial charge in [-0.2, -0.15) is 0 Å². The average Bonchev–Trinajstić information content (AvgIpc) is 2.62. The van der Waals surface area contributed by atoms with Gasteiger partial charge in [0, 0.05) is 18.3 Å². The fourth-order valence-corrected chi connectivity index (χ4v) is 1.51. The van der Waals surface area contributed by atoms with E-state index in [2.05, 4.69) is 16.9 Å². The van der Waals surface area contributed by atoms with Crippen molar-refractivity contribution in [2.24, 2.45) is 0 Å². The zero-order valence-corrected chi connectivity index (χ0v) is 14.2. The number of carbonyl (C=O) groups is 2. The third-order valence-corrected chi connectivity index (χ3v) is 2.77. The molecule has 2 aromatic heterocycles. The number of aromatic nitrogens is 2. The molecule has 130 valence electrons. The van der Waals surface area contributed by atoms with Gasteiger partial charge < -0.3 is 10.2 Å². The normalized spacial score (nSPS) is 8.92. The molecule has 2 heterocycles. The summed E-state index contributed by atoms with van der Waals surface area (Å²) < 4.78 is 0. The summed E-state index contributed by atoms with van der Waals surface area (Å²) in [4.78, 5) is 27.4. The van der Waals surface area contributed by atoms with Gasteiger partial charge in [0.25, 0.3) is 0 Å². The number of alkyl halides is 1. The van der Waals surface area contributed by atoms with Crippen molar-refractivity contribution in [3.05, 3.63) is 60.2 Å². The van der Waals surface area contributed by atoms with Crippen LogP contribution in [0.4, 0.5) is 0 Å². The van der Waals surface area contributed by atoms with Crippen molar-refractivity contribution in [3.63, 3.8) is 0 Å². The van der Waals surface area contributed by atoms with Crippen molar-refractivity contribution in [1.82, 2.24) is 9.97 Å². The molecule has 0 aliphatic carbocycles. The second-order valence-corrected chi connectivity index (χ2v) is 4.81. The van der Waals surface area contributed by atoms with Crippen molar-refractivity contribution in [3.8, 4) is 0 Å². The van der Waals surface area contributed by atoms with Crippen molar-refractivity contribution in [2.45, 2.75) is 26.2 Å². The van der Waals surface area contributed by atoms with Gasteiger partial charge in [-0.25, -0.2) is 19.6 Å². The summed E-state index contributed by atoms with van der Waals surface area (Å²) in [5.41, 5.74) is 0.162. The van der Waals surface area contributed by atoms with E-state index in [1.807, 2.05) is 0 Å².